The van der Waals surface area contributed by atoms with Crippen LogP contribution in [0.25, 0.3) is 10.6 Å². The lowest BCUT2D eigenvalue weighted by molar-refractivity contribution is -0.120. The van der Waals surface area contributed by atoms with Gasteiger partial charge in [-0.3, -0.25) is 4.79 Å². The average molecular weight is 413 g/mol. The minimum absolute atomic E-state index is 0.0518. The molecule has 0 saturated carbocycles. The molecule has 1 N–H and O–H groups in total. The Morgan fingerprint density at radius 3 is 2.52 bits per heavy atom. The lowest BCUT2D eigenvalue weighted by Crippen LogP contribution is -2.27. The molecule has 1 aromatic heterocycles. The molecular weight excluding hydrogens is 388 g/mol. The van der Waals surface area contributed by atoms with E-state index in [-0.39, 0.29) is 12.3 Å². The van der Waals surface area contributed by atoms with E-state index in [1.54, 1.807) is 21.3 Å². The van der Waals surface area contributed by atoms with E-state index in [4.69, 9.17) is 14.2 Å². The summed E-state index contributed by atoms with van der Waals surface area (Å²) in [6, 6.07) is 13.5. The summed E-state index contributed by atoms with van der Waals surface area (Å²) in [5, 5.41) is 5.69. The van der Waals surface area contributed by atoms with Crippen molar-refractivity contribution in [1.82, 2.24) is 10.3 Å². The lowest BCUT2D eigenvalue weighted by Gasteiger charge is -2.09. The van der Waals surface area contributed by atoms with Crippen molar-refractivity contribution in [3.63, 3.8) is 0 Å². The highest BCUT2D eigenvalue weighted by atomic mass is 32.1. The molecule has 0 aliphatic heterocycles. The molecule has 3 rings (SSSR count). The Kier molecular flexibility index (Phi) is 7.08. The van der Waals surface area contributed by atoms with Gasteiger partial charge in [0, 0.05) is 17.5 Å². The Bertz CT molecular complexity index is 971. The van der Waals surface area contributed by atoms with Crippen molar-refractivity contribution in [3.8, 4) is 27.8 Å². The first-order chi connectivity index (χ1) is 14.1. The molecule has 0 radical (unpaired) electrons. The fourth-order valence-corrected chi connectivity index (χ4v) is 3.78. The minimum Gasteiger partial charge on any atom is -0.496 e. The molecular formula is C22H24N2O4S. The fourth-order valence-electron chi connectivity index (χ4n) is 2.96. The monoisotopic (exact) mass is 412 g/mol. The number of methoxy groups -OCH3 is 3. The van der Waals surface area contributed by atoms with Gasteiger partial charge < -0.3 is 19.5 Å². The number of carbonyl (C=O) groups excluding carboxylic acids is 1. The van der Waals surface area contributed by atoms with E-state index in [1.165, 1.54) is 11.3 Å². The standard InChI is InChI=1S/C22H24N2O4S/c1-26-18-7-5-4-6-15(18)10-11-23-21(25)13-17-14-29-22(24-17)16-8-9-19(27-2)20(12-16)28-3/h4-9,12,14H,10-11,13H2,1-3H3,(H,23,25). The van der Waals surface area contributed by atoms with E-state index < -0.39 is 0 Å². The van der Waals surface area contributed by atoms with Gasteiger partial charge >= 0.3 is 0 Å². The number of thiazole rings is 1. The molecule has 1 amide bonds. The number of para-hydroxylation sites is 1. The van der Waals surface area contributed by atoms with Crippen LogP contribution in [0.1, 0.15) is 11.3 Å². The van der Waals surface area contributed by atoms with E-state index in [1.807, 2.05) is 47.8 Å². The molecule has 7 heteroatoms. The molecule has 0 spiro atoms. The van der Waals surface area contributed by atoms with Crippen molar-refractivity contribution in [3.05, 3.63) is 59.1 Å². The lowest BCUT2D eigenvalue weighted by atomic mass is 10.1. The van der Waals surface area contributed by atoms with Gasteiger partial charge in [-0.15, -0.1) is 11.3 Å². The zero-order valence-corrected chi connectivity index (χ0v) is 17.5. The number of amides is 1. The van der Waals surface area contributed by atoms with E-state index in [9.17, 15) is 4.79 Å². The molecule has 6 nitrogen and oxygen atoms in total. The fraction of sp³-hybridized carbons (Fsp3) is 0.273. The van der Waals surface area contributed by atoms with E-state index in [0.29, 0.717) is 24.5 Å². The Hall–Kier alpha value is -3.06. The van der Waals surface area contributed by atoms with Crippen LogP contribution < -0.4 is 19.5 Å². The first-order valence-corrected chi connectivity index (χ1v) is 10.1. The molecule has 0 aliphatic carbocycles. The Morgan fingerprint density at radius 2 is 1.76 bits per heavy atom. The summed E-state index contributed by atoms with van der Waals surface area (Å²) in [7, 11) is 4.85. The molecule has 0 atom stereocenters. The van der Waals surface area contributed by atoms with Crippen LogP contribution in [-0.2, 0) is 17.6 Å². The Morgan fingerprint density at radius 1 is 1.00 bits per heavy atom. The third kappa shape index (κ3) is 5.26. The second kappa shape index (κ2) is 9.93. The van der Waals surface area contributed by atoms with E-state index in [2.05, 4.69) is 10.3 Å². The Balaban J connectivity index is 1.56. The third-order valence-electron chi connectivity index (χ3n) is 4.43. The molecule has 0 fully saturated rings. The van der Waals surface area contributed by atoms with Crippen LogP contribution in [0.4, 0.5) is 0 Å². The highest BCUT2D eigenvalue weighted by Crippen LogP contribution is 2.33. The van der Waals surface area contributed by atoms with E-state index in [0.717, 1.165) is 27.6 Å². The minimum atomic E-state index is -0.0518. The highest BCUT2D eigenvalue weighted by molar-refractivity contribution is 7.13. The number of rotatable bonds is 9. The number of nitrogens with one attached hydrogen (secondary N) is 1. The number of benzene rings is 2. The van der Waals surface area contributed by atoms with Crippen LogP contribution in [0.5, 0.6) is 17.2 Å². The van der Waals surface area contributed by atoms with Crippen molar-refractivity contribution in [2.24, 2.45) is 0 Å². The van der Waals surface area contributed by atoms with Crippen molar-refractivity contribution < 1.29 is 19.0 Å². The number of hydrogen-bond acceptors (Lipinski definition) is 6. The van der Waals surface area contributed by atoms with Crippen molar-refractivity contribution in [1.29, 1.82) is 0 Å². The van der Waals surface area contributed by atoms with Gasteiger partial charge in [0.15, 0.2) is 11.5 Å². The smallest absolute Gasteiger partial charge is 0.226 e. The van der Waals surface area contributed by atoms with Crippen LogP contribution in [0.2, 0.25) is 0 Å². The summed E-state index contributed by atoms with van der Waals surface area (Å²) in [5.74, 6) is 2.10. The largest absolute Gasteiger partial charge is 0.496 e. The second-order valence-corrected chi connectivity index (χ2v) is 7.16. The molecule has 0 unspecified atom stereocenters. The molecule has 29 heavy (non-hydrogen) atoms. The maximum absolute atomic E-state index is 12.3. The highest BCUT2D eigenvalue weighted by Gasteiger charge is 2.12. The number of hydrogen-bond donors (Lipinski definition) is 1. The molecule has 0 bridgehead atoms. The van der Waals surface area contributed by atoms with Crippen LogP contribution >= 0.6 is 11.3 Å². The summed E-state index contributed by atoms with van der Waals surface area (Å²) in [6.07, 6.45) is 0.958. The predicted molar refractivity (Wildman–Crippen MR) is 114 cm³/mol. The second-order valence-electron chi connectivity index (χ2n) is 6.30. The van der Waals surface area contributed by atoms with Crippen LogP contribution in [0.3, 0.4) is 0 Å². The van der Waals surface area contributed by atoms with Gasteiger partial charge in [-0.25, -0.2) is 4.98 Å². The summed E-state index contributed by atoms with van der Waals surface area (Å²) >= 11 is 1.50. The predicted octanol–water partition coefficient (Wildman–Crippen LogP) is 3.74. The zero-order valence-electron chi connectivity index (χ0n) is 16.7. The van der Waals surface area contributed by atoms with Gasteiger partial charge in [-0.05, 0) is 36.2 Å². The molecule has 0 saturated heterocycles. The Labute approximate surface area is 174 Å². The summed E-state index contributed by atoms with van der Waals surface area (Å²) in [4.78, 5) is 16.9. The zero-order chi connectivity index (χ0) is 20.6. The van der Waals surface area contributed by atoms with Gasteiger partial charge in [-0.2, -0.15) is 0 Å². The van der Waals surface area contributed by atoms with Crippen LogP contribution in [0, 0.1) is 0 Å². The summed E-state index contributed by atoms with van der Waals surface area (Å²) in [5.41, 5.74) is 2.74. The molecule has 0 aliphatic rings. The molecule has 1 heterocycles. The molecule has 2 aromatic carbocycles. The van der Waals surface area contributed by atoms with Crippen LogP contribution in [0.15, 0.2) is 47.8 Å². The number of carbonyl (C=O) groups is 1. The first-order valence-electron chi connectivity index (χ1n) is 9.20. The third-order valence-corrected chi connectivity index (χ3v) is 5.37. The number of ether oxygens (including phenoxy) is 3. The number of aromatic nitrogens is 1. The van der Waals surface area contributed by atoms with Crippen LogP contribution in [-0.4, -0.2) is 38.8 Å². The van der Waals surface area contributed by atoms with Gasteiger partial charge in [0.2, 0.25) is 5.91 Å². The molecule has 3 aromatic rings. The summed E-state index contributed by atoms with van der Waals surface area (Å²) in [6.45, 7) is 0.547. The van der Waals surface area contributed by atoms with Crippen molar-refractivity contribution in [2.45, 2.75) is 12.8 Å². The quantitative estimate of drug-likeness (QED) is 0.580. The van der Waals surface area contributed by atoms with Crippen molar-refractivity contribution >= 4 is 17.2 Å². The SMILES string of the molecule is COc1ccccc1CCNC(=O)Cc1csc(-c2ccc(OC)c(OC)c2)n1. The topological polar surface area (TPSA) is 69.7 Å². The average Bonchev–Trinajstić information content (AvgIpc) is 3.21. The maximum Gasteiger partial charge on any atom is 0.226 e. The normalized spacial score (nSPS) is 10.4. The van der Waals surface area contributed by atoms with E-state index >= 15 is 0 Å². The first kappa shape index (κ1) is 20.7. The van der Waals surface area contributed by atoms with Crippen molar-refractivity contribution in [2.75, 3.05) is 27.9 Å². The van der Waals surface area contributed by atoms with Gasteiger partial charge in [0.1, 0.15) is 10.8 Å². The van der Waals surface area contributed by atoms with Gasteiger partial charge in [0.05, 0.1) is 33.4 Å². The summed E-state index contributed by atoms with van der Waals surface area (Å²) < 4.78 is 15.9. The van der Waals surface area contributed by atoms with Gasteiger partial charge in [-0.1, -0.05) is 18.2 Å². The van der Waals surface area contributed by atoms with Gasteiger partial charge in [0.25, 0.3) is 0 Å². The maximum atomic E-state index is 12.3. The number of nitrogens with zero attached hydrogens (tertiary/aromatic N) is 1. The molecule has 152 valence electrons.